The molecular weight excluding hydrogens is 456 g/mol. The second kappa shape index (κ2) is 7.79. The van der Waals surface area contributed by atoms with Gasteiger partial charge < -0.3 is 10.2 Å². The lowest BCUT2D eigenvalue weighted by Gasteiger charge is -2.42. The molecule has 6 aliphatic rings. The number of nitriles is 1. The molecule has 178 valence electrons. The minimum absolute atomic E-state index is 0.0245. The molecule has 2 aliphatic heterocycles. The van der Waals surface area contributed by atoms with Crippen molar-refractivity contribution in [3.05, 3.63) is 29.8 Å². The summed E-state index contributed by atoms with van der Waals surface area (Å²) in [5, 5.41) is 13.0. The monoisotopic (exact) mass is 488 g/mol. The van der Waals surface area contributed by atoms with E-state index < -0.39 is 10.8 Å². The third-order valence-corrected chi connectivity index (χ3v) is 11.8. The number of thioether (sulfide) groups is 1. The molecule has 7 rings (SSSR count). The summed E-state index contributed by atoms with van der Waals surface area (Å²) in [5.74, 6) is 3.13. The van der Waals surface area contributed by atoms with Gasteiger partial charge >= 0.3 is 0 Å². The van der Waals surface area contributed by atoms with E-state index in [4.69, 9.17) is 0 Å². The lowest BCUT2D eigenvalue weighted by molar-refractivity contribution is -0.130. The molecule has 1 aromatic rings. The van der Waals surface area contributed by atoms with Gasteiger partial charge in [0.1, 0.15) is 6.04 Å². The van der Waals surface area contributed by atoms with Gasteiger partial charge in [-0.25, -0.2) is 0 Å². The minimum Gasteiger partial charge on any atom is -0.315 e. The van der Waals surface area contributed by atoms with Crippen molar-refractivity contribution in [2.45, 2.75) is 55.5 Å². The van der Waals surface area contributed by atoms with Crippen molar-refractivity contribution in [3.63, 3.8) is 0 Å². The first kappa shape index (κ1) is 22.1. The van der Waals surface area contributed by atoms with Crippen LogP contribution in [0.4, 0.5) is 5.69 Å². The number of amides is 1. The van der Waals surface area contributed by atoms with Crippen LogP contribution in [0, 0.1) is 23.2 Å². The largest absolute Gasteiger partial charge is 0.315 e. The predicted octanol–water partition coefficient (Wildman–Crippen LogP) is 3.78. The average molecular weight is 489 g/mol. The van der Waals surface area contributed by atoms with Crippen molar-refractivity contribution in [1.29, 1.82) is 5.26 Å². The van der Waals surface area contributed by atoms with Crippen molar-refractivity contribution in [2.75, 3.05) is 34.8 Å². The number of carbonyl (C=O) groups excluding carboxylic acids is 1. The zero-order valence-corrected chi connectivity index (χ0v) is 20.4. The van der Waals surface area contributed by atoms with Gasteiger partial charge in [0.25, 0.3) is 0 Å². The number of benzene rings is 1. The Kier molecular flexibility index (Phi) is 5.20. The Morgan fingerprint density at radius 3 is 2.82 bits per heavy atom. The van der Waals surface area contributed by atoms with Crippen LogP contribution in [0.25, 0.3) is 0 Å². The van der Waals surface area contributed by atoms with E-state index in [9.17, 15) is 19.2 Å². The van der Waals surface area contributed by atoms with Gasteiger partial charge in [-0.1, -0.05) is 12.1 Å². The Labute approximate surface area is 201 Å². The van der Waals surface area contributed by atoms with E-state index in [0.717, 1.165) is 31.4 Å². The fourth-order valence-electron chi connectivity index (χ4n) is 7.60. The number of nitrogens with zero attached hydrogens (tertiary/aromatic N) is 3. The fourth-order valence-corrected chi connectivity index (χ4v) is 10.3. The van der Waals surface area contributed by atoms with E-state index in [1.807, 2.05) is 0 Å². The second-order valence-electron chi connectivity index (χ2n) is 10.7. The van der Waals surface area contributed by atoms with Gasteiger partial charge in [-0.2, -0.15) is 5.26 Å². The number of hydrogen-bond donors (Lipinski definition) is 3. The molecule has 4 saturated carbocycles. The molecular formula is C24H32N4O3S2. The Morgan fingerprint density at radius 2 is 2.09 bits per heavy atom. The molecule has 2 saturated heterocycles. The van der Waals surface area contributed by atoms with Crippen molar-refractivity contribution in [3.8, 4) is 6.07 Å². The first-order valence-electron chi connectivity index (χ1n) is 12.0. The molecule has 4 aliphatic carbocycles. The highest BCUT2D eigenvalue weighted by Gasteiger charge is 2.64. The van der Waals surface area contributed by atoms with E-state index in [1.54, 1.807) is 21.0 Å². The van der Waals surface area contributed by atoms with Crippen molar-refractivity contribution in [1.82, 2.24) is 10.2 Å². The molecule has 5 atom stereocenters. The van der Waals surface area contributed by atoms with Crippen LogP contribution < -0.4 is 9.62 Å². The maximum absolute atomic E-state index is 12.9. The number of anilines is 1. The molecule has 9 heteroatoms. The highest BCUT2D eigenvalue weighted by Crippen LogP contribution is 2.66. The molecule has 4 unspecified atom stereocenters. The summed E-state index contributed by atoms with van der Waals surface area (Å²) in [5.41, 5.74) is 2.42. The molecule has 0 spiro atoms. The van der Waals surface area contributed by atoms with Crippen LogP contribution in [0.15, 0.2) is 24.3 Å². The summed E-state index contributed by atoms with van der Waals surface area (Å²) < 4.78 is 22.4. The van der Waals surface area contributed by atoms with Gasteiger partial charge in [-0.3, -0.25) is 18.2 Å². The molecule has 7 nitrogen and oxygen atoms in total. The first-order chi connectivity index (χ1) is 15.8. The van der Waals surface area contributed by atoms with Crippen LogP contribution in [-0.4, -0.2) is 62.0 Å². The second-order valence-corrected chi connectivity index (χ2v) is 13.8. The SMILES string of the molecule is N#C[C@@H]1CSCN1C(=O)CNC12CC3CC1CC(c1ccc(N4CCCS4(O)O)cc1)(C3)C2. The number of carbonyl (C=O) groups is 1. The number of rotatable bonds is 5. The highest BCUT2D eigenvalue weighted by atomic mass is 32.3. The molecule has 6 fully saturated rings. The third-order valence-electron chi connectivity index (χ3n) is 8.87. The summed E-state index contributed by atoms with van der Waals surface area (Å²) in [6, 6.07) is 10.5. The maximum Gasteiger partial charge on any atom is 0.238 e. The van der Waals surface area contributed by atoms with E-state index in [-0.39, 0.29) is 22.9 Å². The van der Waals surface area contributed by atoms with Crippen LogP contribution in [0.5, 0.6) is 0 Å². The zero-order valence-electron chi connectivity index (χ0n) is 18.8. The van der Waals surface area contributed by atoms with E-state index in [1.165, 1.54) is 18.4 Å². The normalized spacial score (nSPS) is 39.2. The summed E-state index contributed by atoms with van der Waals surface area (Å²) in [4.78, 5) is 14.6. The smallest absolute Gasteiger partial charge is 0.238 e. The third kappa shape index (κ3) is 3.49. The average Bonchev–Trinajstić information content (AvgIpc) is 3.52. The molecule has 1 amide bonds. The van der Waals surface area contributed by atoms with Crippen LogP contribution in [0.1, 0.15) is 44.1 Å². The van der Waals surface area contributed by atoms with E-state index >= 15 is 0 Å². The summed E-state index contributed by atoms with van der Waals surface area (Å²) in [6.45, 7) is 1.02. The van der Waals surface area contributed by atoms with Crippen molar-refractivity contribution in [2.24, 2.45) is 11.8 Å². The van der Waals surface area contributed by atoms with Gasteiger partial charge in [-0.15, -0.1) is 22.5 Å². The van der Waals surface area contributed by atoms with Gasteiger partial charge in [0.2, 0.25) is 5.91 Å². The molecule has 3 N–H and O–H groups in total. The fraction of sp³-hybridized carbons (Fsp3) is 0.667. The number of nitrogens with one attached hydrogen (secondary N) is 1. The summed E-state index contributed by atoms with van der Waals surface area (Å²) in [6.07, 6.45) is 6.63. The standard InChI is InChI=1S/C24H32N4O3S2/c25-12-21-14-32-16-27(21)22(29)13-26-24-10-17-8-19(24)11-23(9-17,15-24)18-2-4-20(5-3-18)28-6-1-7-33(28,30)31/h2-5,17,19,21,26,30-31H,1,6-11,13-16H2/t17?,19?,21-,23?,24?/m1/s1. The molecule has 4 bridgehead atoms. The van der Waals surface area contributed by atoms with E-state index in [0.29, 0.717) is 42.3 Å². The van der Waals surface area contributed by atoms with Gasteiger partial charge in [0.15, 0.2) is 0 Å². The highest BCUT2D eigenvalue weighted by molar-refractivity contribution is 8.25. The Hall–Kier alpha value is -1.44. The van der Waals surface area contributed by atoms with Crippen LogP contribution in [0.2, 0.25) is 0 Å². The number of hydrogen-bond acceptors (Lipinski definition) is 7. The van der Waals surface area contributed by atoms with Gasteiger partial charge in [0, 0.05) is 17.8 Å². The molecule has 2 heterocycles. The summed E-state index contributed by atoms with van der Waals surface area (Å²) in [7, 11) is -2.66. The van der Waals surface area contributed by atoms with Crippen LogP contribution in [-0.2, 0) is 10.2 Å². The van der Waals surface area contributed by atoms with Crippen molar-refractivity contribution < 1.29 is 13.9 Å². The van der Waals surface area contributed by atoms with Gasteiger partial charge in [0.05, 0.1) is 29.9 Å². The van der Waals surface area contributed by atoms with Crippen LogP contribution >= 0.6 is 22.5 Å². The zero-order chi connectivity index (χ0) is 22.8. The molecule has 0 radical (unpaired) electrons. The van der Waals surface area contributed by atoms with Crippen LogP contribution in [0.3, 0.4) is 0 Å². The van der Waals surface area contributed by atoms with Gasteiger partial charge in [-0.05, 0) is 73.5 Å². The maximum atomic E-state index is 12.9. The van der Waals surface area contributed by atoms with E-state index in [2.05, 4.69) is 35.7 Å². The Bertz CT molecular complexity index is 998. The Morgan fingerprint density at radius 1 is 1.27 bits per heavy atom. The lowest BCUT2D eigenvalue weighted by Crippen LogP contribution is -2.52. The minimum atomic E-state index is -2.66. The predicted molar refractivity (Wildman–Crippen MR) is 132 cm³/mol. The summed E-state index contributed by atoms with van der Waals surface area (Å²) >= 11 is 1.65. The van der Waals surface area contributed by atoms with Crippen molar-refractivity contribution >= 4 is 34.1 Å². The molecule has 1 aromatic carbocycles. The molecule has 0 aromatic heterocycles. The quantitative estimate of drug-likeness (QED) is 0.580. The first-order valence-corrected chi connectivity index (χ1v) is 14.8. The topological polar surface area (TPSA) is 99.8 Å². The lowest BCUT2D eigenvalue weighted by atomic mass is 9.65. The molecule has 33 heavy (non-hydrogen) atoms. The Balaban J connectivity index is 1.18.